The van der Waals surface area contributed by atoms with E-state index < -0.39 is 0 Å². The quantitative estimate of drug-likeness (QED) is 0.729. The zero-order valence-corrected chi connectivity index (χ0v) is 9.26. The van der Waals surface area contributed by atoms with Gasteiger partial charge in [-0.15, -0.1) is 0 Å². The third-order valence-corrected chi connectivity index (χ3v) is 4.55. The van der Waals surface area contributed by atoms with Crippen LogP contribution in [0.1, 0.15) is 32.1 Å². The maximum atomic E-state index is 3.40. The molecule has 2 saturated carbocycles. The van der Waals surface area contributed by atoms with Crippen LogP contribution >= 0.6 is 0 Å². The first-order valence-electron chi connectivity index (χ1n) is 6.22. The highest BCUT2D eigenvalue weighted by atomic mass is 15.2. The molecule has 2 aliphatic carbocycles. The molecular formula is C12H22N2. The number of likely N-dealkylation sites (tertiary alicyclic amines) is 1. The van der Waals surface area contributed by atoms with Gasteiger partial charge in [-0.05, 0) is 57.0 Å². The smallest absolute Gasteiger partial charge is 0.0204 e. The van der Waals surface area contributed by atoms with Crippen LogP contribution in [0.3, 0.4) is 0 Å². The second kappa shape index (κ2) is 3.21. The maximum Gasteiger partial charge on any atom is 0.0204 e. The molecule has 1 aliphatic heterocycles. The number of hydrogen-bond acceptors (Lipinski definition) is 2. The van der Waals surface area contributed by atoms with Crippen molar-refractivity contribution < 1.29 is 0 Å². The Balaban J connectivity index is 1.53. The number of nitrogens with zero attached hydrogens (tertiary/aromatic N) is 1. The van der Waals surface area contributed by atoms with Gasteiger partial charge in [-0.3, -0.25) is 0 Å². The molecule has 0 bridgehead atoms. The van der Waals surface area contributed by atoms with Gasteiger partial charge in [0.15, 0.2) is 0 Å². The van der Waals surface area contributed by atoms with E-state index in [0.29, 0.717) is 0 Å². The van der Waals surface area contributed by atoms with Crippen molar-refractivity contribution in [3.63, 3.8) is 0 Å². The van der Waals surface area contributed by atoms with E-state index in [0.717, 1.165) is 17.4 Å². The molecule has 2 nitrogen and oxygen atoms in total. The zero-order valence-electron chi connectivity index (χ0n) is 9.26. The summed E-state index contributed by atoms with van der Waals surface area (Å²) < 4.78 is 0. The topological polar surface area (TPSA) is 15.3 Å². The van der Waals surface area contributed by atoms with E-state index in [-0.39, 0.29) is 0 Å². The Labute approximate surface area is 87.0 Å². The minimum atomic E-state index is 0.769. The third-order valence-electron chi connectivity index (χ3n) is 4.55. The minimum Gasteiger partial charge on any atom is -0.316 e. The lowest BCUT2D eigenvalue weighted by Crippen LogP contribution is -2.33. The van der Waals surface area contributed by atoms with Crippen molar-refractivity contribution in [3.05, 3.63) is 0 Å². The molecular weight excluding hydrogens is 172 g/mol. The summed E-state index contributed by atoms with van der Waals surface area (Å²) in [7, 11) is 2.10. The Kier molecular flexibility index (Phi) is 2.10. The fraction of sp³-hybridized carbons (Fsp3) is 1.00. The van der Waals surface area contributed by atoms with E-state index in [1.165, 1.54) is 51.7 Å². The van der Waals surface area contributed by atoms with Crippen LogP contribution in [0.15, 0.2) is 0 Å². The monoisotopic (exact) mass is 194 g/mol. The van der Waals surface area contributed by atoms with Crippen molar-refractivity contribution in [1.29, 1.82) is 0 Å². The van der Waals surface area contributed by atoms with Crippen molar-refractivity contribution in [2.24, 2.45) is 11.3 Å². The largest absolute Gasteiger partial charge is 0.316 e. The molecule has 1 unspecified atom stereocenters. The van der Waals surface area contributed by atoms with Gasteiger partial charge >= 0.3 is 0 Å². The molecule has 0 spiro atoms. The van der Waals surface area contributed by atoms with Crippen molar-refractivity contribution >= 4 is 0 Å². The summed E-state index contributed by atoms with van der Waals surface area (Å²) >= 11 is 0. The Morgan fingerprint density at radius 3 is 2.57 bits per heavy atom. The summed E-state index contributed by atoms with van der Waals surface area (Å²) in [6.45, 7) is 4.04. The van der Waals surface area contributed by atoms with E-state index in [4.69, 9.17) is 0 Å². The average molecular weight is 194 g/mol. The normalized spacial score (nSPS) is 36.2. The molecule has 1 N–H and O–H groups in total. The fourth-order valence-corrected chi connectivity index (χ4v) is 3.21. The number of nitrogens with one attached hydrogen (secondary N) is 1. The summed E-state index contributed by atoms with van der Waals surface area (Å²) in [4.78, 5) is 2.70. The first kappa shape index (κ1) is 9.17. The summed E-state index contributed by atoms with van der Waals surface area (Å²) in [6.07, 6.45) is 7.47. The molecule has 1 heterocycles. The van der Waals surface area contributed by atoms with Crippen LogP contribution in [0.25, 0.3) is 0 Å². The van der Waals surface area contributed by atoms with Crippen LogP contribution in [0.4, 0.5) is 0 Å². The Hall–Kier alpha value is -0.0800. The van der Waals surface area contributed by atoms with Crippen LogP contribution in [0.5, 0.6) is 0 Å². The highest BCUT2D eigenvalue weighted by Crippen LogP contribution is 2.61. The zero-order chi connectivity index (χ0) is 9.60. The molecule has 1 atom stereocenters. The molecule has 3 fully saturated rings. The van der Waals surface area contributed by atoms with E-state index in [1.807, 2.05) is 0 Å². The molecule has 0 radical (unpaired) electrons. The van der Waals surface area contributed by atoms with E-state index >= 15 is 0 Å². The van der Waals surface area contributed by atoms with Crippen molar-refractivity contribution in [3.8, 4) is 0 Å². The van der Waals surface area contributed by atoms with Gasteiger partial charge in [0.1, 0.15) is 0 Å². The predicted molar refractivity (Wildman–Crippen MR) is 58.3 cm³/mol. The lowest BCUT2D eigenvalue weighted by atomic mass is 10.0. The van der Waals surface area contributed by atoms with Crippen LogP contribution in [-0.4, -0.2) is 37.6 Å². The fourth-order valence-electron chi connectivity index (χ4n) is 3.21. The lowest BCUT2D eigenvalue weighted by molar-refractivity contribution is 0.239. The molecule has 0 amide bonds. The van der Waals surface area contributed by atoms with Gasteiger partial charge in [0.2, 0.25) is 0 Å². The number of likely N-dealkylation sites (N-methyl/N-ethyl adjacent to an activating group) is 1. The Morgan fingerprint density at radius 2 is 2.07 bits per heavy atom. The Morgan fingerprint density at radius 1 is 1.29 bits per heavy atom. The van der Waals surface area contributed by atoms with Gasteiger partial charge < -0.3 is 10.2 Å². The maximum absolute atomic E-state index is 3.40. The highest BCUT2D eigenvalue weighted by molar-refractivity contribution is 5.06. The number of rotatable bonds is 4. The summed E-state index contributed by atoms with van der Waals surface area (Å²) in [5, 5.41) is 3.40. The Bertz CT molecular complexity index is 218. The average Bonchev–Trinajstić information content (AvgIpc) is 3.05. The number of hydrogen-bond donors (Lipinski definition) is 1. The van der Waals surface area contributed by atoms with E-state index in [2.05, 4.69) is 17.3 Å². The van der Waals surface area contributed by atoms with Crippen LogP contribution in [-0.2, 0) is 0 Å². The van der Waals surface area contributed by atoms with Crippen LogP contribution in [0.2, 0.25) is 0 Å². The molecule has 80 valence electrons. The van der Waals surface area contributed by atoms with Gasteiger partial charge in [-0.1, -0.05) is 0 Å². The molecule has 0 aromatic rings. The van der Waals surface area contributed by atoms with Crippen LogP contribution < -0.4 is 5.32 Å². The molecule has 0 aromatic heterocycles. The first-order valence-corrected chi connectivity index (χ1v) is 6.22. The summed E-state index contributed by atoms with van der Waals surface area (Å²) in [5.41, 5.74) is 0.808. The van der Waals surface area contributed by atoms with E-state index in [9.17, 15) is 0 Å². The minimum absolute atomic E-state index is 0.769. The molecule has 14 heavy (non-hydrogen) atoms. The lowest BCUT2D eigenvalue weighted by Gasteiger charge is -2.23. The van der Waals surface area contributed by atoms with Crippen molar-refractivity contribution in [1.82, 2.24) is 10.2 Å². The van der Waals surface area contributed by atoms with Gasteiger partial charge in [-0.25, -0.2) is 0 Å². The molecule has 3 rings (SSSR count). The second-order valence-electron chi connectivity index (χ2n) is 5.65. The predicted octanol–water partition coefficient (Wildman–Crippen LogP) is 1.47. The molecule has 3 aliphatic rings. The summed E-state index contributed by atoms with van der Waals surface area (Å²) in [6, 6.07) is 0.769. The summed E-state index contributed by atoms with van der Waals surface area (Å²) in [5.74, 6) is 1.12. The van der Waals surface area contributed by atoms with Crippen LogP contribution in [0, 0.1) is 11.3 Å². The van der Waals surface area contributed by atoms with Gasteiger partial charge in [0.05, 0.1) is 0 Å². The second-order valence-corrected chi connectivity index (χ2v) is 5.65. The van der Waals surface area contributed by atoms with Gasteiger partial charge in [-0.2, -0.15) is 0 Å². The van der Waals surface area contributed by atoms with Gasteiger partial charge in [0, 0.05) is 19.1 Å². The molecule has 0 aromatic carbocycles. The van der Waals surface area contributed by atoms with E-state index in [1.54, 1.807) is 0 Å². The first-order chi connectivity index (χ1) is 6.82. The van der Waals surface area contributed by atoms with Crippen molar-refractivity contribution in [2.45, 2.75) is 38.1 Å². The van der Waals surface area contributed by atoms with Gasteiger partial charge in [0.25, 0.3) is 0 Å². The SMILES string of the molecule is CNC1CCN(CC2(C3CC3)CC2)C1. The molecule has 1 saturated heterocycles. The standard InChI is InChI=1S/C12H22N2/c1-13-11-4-7-14(8-11)9-12(5-6-12)10-2-3-10/h10-11,13H,2-9H2,1H3. The van der Waals surface area contributed by atoms with Crippen molar-refractivity contribution in [2.75, 3.05) is 26.7 Å². The highest BCUT2D eigenvalue weighted by Gasteiger charge is 2.54. The third kappa shape index (κ3) is 1.59. The molecule has 2 heteroatoms.